The Kier molecular flexibility index (Phi) is 5.14. The van der Waals surface area contributed by atoms with Crippen molar-refractivity contribution in [3.05, 3.63) is 0 Å². The molecule has 0 aromatic carbocycles. The molecule has 5 heteroatoms. The zero-order valence-electron chi connectivity index (χ0n) is 11.2. The highest BCUT2D eigenvalue weighted by atomic mass is 16.4. The minimum absolute atomic E-state index is 0.215. The Morgan fingerprint density at radius 1 is 1.39 bits per heavy atom. The molecule has 0 aromatic rings. The van der Waals surface area contributed by atoms with Crippen LogP contribution in [-0.4, -0.2) is 29.6 Å². The maximum Gasteiger partial charge on any atom is 0.305 e. The molecule has 1 aliphatic carbocycles. The van der Waals surface area contributed by atoms with Crippen molar-refractivity contribution in [1.82, 2.24) is 5.32 Å². The molecule has 4 N–H and O–H groups in total. The number of carbonyl (C=O) groups is 2. The molecule has 1 fully saturated rings. The number of nitrogens with two attached hydrogens (primary N) is 1. The van der Waals surface area contributed by atoms with E-state index in [4.69, 9.17) is 10.8 Å². The normalized spacial score (nSPS) is 19.1. The average molecular weight is 256 g/mol. The number of nitrogens with one attached hydrogen (secondary N) is 1. The fourth-order valence-electron chi connectivity index (χ4n) is 2.68. The lowest BCUT2D eigenvalue weighted by atomic mass is 9.64. The van der Waals surface area contributed by atoms with Gasteiger partial charge in [0, 0.05) is 6.54 Å². The van der Waals surface area contributed by atoms with Crippen molar-refractivity contribution in [1.29, 1.82) is 0 Å². The van der Waals surface area contributed by atoms with Crippen LogP contribution in [0.1, 0.15) is 46.0 Å². The van der Waals surface area contributed by atoms with Crippen LogP contribution in [0.5, 0.6) is 0 Å². The van der Waals surface area contributed by atoms with Crippen molar-refractivity contribution in [2.24, 2.45) is 17.1 Å². The van der Waals surface area contributed by atoms with Gasteiger partial charge in [-0.2, -0.15) is 0 Å². The van der Waals surface area contributed by atoms with Gasteiger partial charge in [0.05, 0.1) is 12.5 Å². The quantitative estimate of drug-likeness (QED) is 0.636. The summed E-state index contributed by atoms with van der Waals surface area (Å²) in [4.78, 5) is 22.1. The molecule has 0 radical (unpaired) electrons. The van der Waals surface area contributed by atoms with Gasteiger partial charge in [-0.25, -0.2) is 0 Å². The zero-order valence-corrected chi connectivity index (χ0v) is 11.2. The molecule has 1 aliphatic rings. The van der Waals surface area contributed by atoms with Crippen molar-refractivity contribution in [2.75, 3.05) is 6.54 Å². The van der Waals surface area contributed by atoms with Gasteiger partial charge in [0.2, 0.25) is 5.91 Å². The van der Waals surface area contributed by atoms with E-state index in [1.54, 1.807) is 0 Å². The van der Waals surface area contributed by atoms with Gasteiger partial charge in [0.15, 0.2) is 0 Å². The summed E-state index contributed by atoms with van der Waals surface area (Å²) >= 11 is 0. The largest absolute Gasteiger partial charge is 0.481 e. The Morgan fingerprint density at radius 3 is 2.39 bits per heavy atom. The first-order chi connectivity index (χ1) is 8.34. The van der Waals surface area contributed by atoms with E-state index < -0.39 is 12.0 Å². The second kappa shape index (κ2) is 6.18. The van der Waals surface area contributed by atoms with E-state index in [1.807, 2.05) is 0 Å². The molecule has 0 saturated heterocycles. The van der Waals surface area contributed by atoms with Crippen molar-refractivity contribution in [3.8, 4) is 0 Å². The molecule has 0 heterocycles. The van der Waals surface area contributed by atoms with Gasteiger partial charge in [-0.3, -0.25) is 9.59 Å². The maximum atomic E-state index is 11.7. The number of carbonyl (C=O) groups excluding carboxylic acids is 1. The second-order valence-electron chi connectivity index (χ2n) is 5.87. The van der Waals surface area contributed by atoms with Gasteiger partial charge in [-0.05, 0) is 30.6 Å². The molecule has 0 aromatic heterocycles. The summed E-state index contributed by atoms with van der Waals surface area (Å²) < 4.78 is 0. The van der Waals surface area contributed by atoms with Gasteiger partial charge >= 0.3 is 5.97 Å². The summed E-state index contributed by atoms with van der Waals surface area (Å²) in [5.74, 6) is -0.791. The first kappa shape index (κ1) is 15.0. The van der Waals surface area contributed by atoms with E-state index in [1.165, 1.54) is 6.42 Å². The second-order valence-corrected chi connectivity index (χ2v) is 5.87. The van der Waals surface area contributed by atoms with Gasteiger partial charge in [0.1, 0.15) is 0 Å². The lowest BCUT2D eigenvalue weighted by Crippen LogP contribution is -2.48. The highest BCUT2D eigenvalue weighted by Gasteiger charge is 2.37. The van der Waals surface area contributed by atoms with E-state index in [-0.39, 0.29) is 17.7 Å². The predicted molar refractivity (Wildman–Crippen MR) is 69.0 cm³/mol. The minimum atomic E-state index is -1.04. The van der Waals surface area contributed by atoms with Crippen LogP contribution in [-0.2, 0) is 9.59 Å². The predicted octanol–water partition coefficient (Wildman–Crippen LogP) is 1.12. The molecule has 18 heavy (non-hydrogen) atoms. The van der Waals surface area contributed by atoms with Crippen LogP contribution in [0.2, 0.25) is 0 Å². The van der Waals surface area contributed by atoms with Crippen LogP contribution in [0.4, 0.5) is 0 Å². The van der Waals surface area contributed by atoms with Gasteiger partial charge in [-0.15, -0.1) is 0 Å². The smallest absolute Gasteiger partial charge is 0.305 e. The Morgan fingerprint density at radius 2 is 2.00 bits per heavy atom. The van der Waals surface area contributed by atoms with E-state index in [0.29, 0.717) is 12.5 Å². The molecule has 5 nitrogen and oxygen atoms in total. The molecule has 0 unspecified atom stereocenters. The number of amides is 1. The lowest BCUT2D eigenvalue weighted by molar-refractivity contribution is -0.139. The van der Waals surface area contributed by atoms with Crippen molar-refractivity contribution >= 4 is 11.9 Å². The highest BCUT2D eigenvalue weighted by molar-refractivity contribution is 5.85. The van der Waals surface area contributed by atoms with E-state index >= 15 is 0 Å². The van der Waals surface area contributed by atoms with Crippen molar-refractivity contribution in [3.63, 3.8) is 0 Å². The number of carboxylic acids is 1. The van der Waals surface area contributed by atoms with Crippen molar-refractivity contribution in [2.45, 2.75) is 52.0 Å². The fourth-order valence-corrected chi connectivity index (χ4v) is 2.68. The van der Waals surface area contributed by atoms with Crippen LogP contribution >= 0.6 is 0 Å². The first-order valence-electron chi connectivity index (χ1n) is 6.60. The monoisotopic (exact) mass is 256 g/mol. The van der Waals surface area contributed by atoms with Crippen LogP contribution in [0.3, 0.4) is 0 Å². The number of aliphatic carboxylic acids is 1. The van der Waals surface area contributed by atoms with E-state index in [9.17, 15) is 9.59 Å². The summed E-state index contributed by atoms with van der Waals surface area (Å²) in [5.41, 5.74) is 5.73. The van der Waals surface area contributed by atoms with Gasteiger partial charge in [-0.1, -0.05) is 20.3 Å². The minimum Gasteiger partial charge on any atom is -0.481 e. The summed E-state index contributed by atoms with van der Waals surface area (Å²) in [5, 5.41) is 11.4. The van der Waals surface area contributed by atoms with Crippen LogP contribution < -0.4 is 11.1 Å². The molecule has 1 saturated carbocycles. The third kappa shape index (κ3) is 4.29. The van der Waals surface area contributed by atoms with Crippen LogP contribution in [0.15, 0.2) is 0 Å². The van der Waals surface area contributed by atoms with Crippen LogP contribution in [0.25, 0.3) is 0 Å². The molecule has 104 valence electrons. The Hall–Kier alpha value is -1.10. The fraction of sp³-hybridized carbons (Fsp3) is 0.846. The standard InChI is InChI=1S/C13H24N2O3/c1-9(2)7-13(4-3-5-13)8-15-12(18)10(14)6-11(16)17/h9-10H,3-8,14H2,1-2H3,(H,15,18)(H,16,17)/t10-/m0/s1. The highest BCUT2D eigenvalue weighted by Crippen LogP contribution is 2.45. The molecule has 1 atom stereocenters. The molecule has 0 spiro atoms. The molecule has 0 aliphatic heterocycles. The summed E-state index contributed by atoms with van der Waals surface area (Å²) in [6.45, 7) is 4.98. The summed E-state index contributed by atoms with van der Waals surface area (Å²) in [7, 11) is 0. The van der Waals surface area contributed by atoms with Crippen molar-refractivity contribution < 1.29 is 14.7 Å². The SMILES string of the molecule is CC(C)CC1(CNC(=O)[C@@H](N)CC(=O)O)CCC1. The summed E-state index contributed by atoms with van der Waals surface area (Å²) in [6.07, 6.45) is 4.27. The Labute approximate surface area is 108 Å². The molecule has 1 rings (SSSR count). The zero-order chi connectivity index (χ0) is 13.8. The molecule has 0 bridgehead atoms. The molecular formula is C13H24N2O3. The summed E-state index contributed by atoms with van der Waals surface area (Å²) in [6, 6.07) is -0.946. The maximum absolute atomic E-state index is 11.7. The Bertz CT molecular complexity index is 311. The van der Waals surface area contributed by atoms with E-state index in [2.05, 4.69) is 19.2 Å². The Balaban J connectivity index is 2.38. The lowest BCUT2D eigenvalue weighted by Gasteiger charge is -2.43. The third-order valence-corrected chi connectivity index (χ3v) is 3.62. The van der Waals surface area contributed by atoms with E-state index in [0.717, 1.165) is 19.3 Å². The van der Waals surface area contributed by atoms with Gasteiger partial charge < -0.3 is 16.2 Å². The number of hydrogen-bond acceptors (Lipinski definition) is 3. The third-order valence-electron chi connectivity index (χ3n) is 3.62. The number of rotatable bonds is 7. The average Bonchev–Trinajstić information content (AvgIpc) is 2.19. The van der Waals surface area contributed by atoms with Crippen LogP contribution in [0, 0.1) is 11.3 Å². The molecular weight excluding hydrogens is 232 g/mol. The topological polar surface area (TPSA) is 92.4 Å². The number of hydrogen-bond donors (Lipinski definition) is 3. The number of carboxylic acid groups (broad SMARTS) is 1. The first-order valence-corrected chi connectivity index (χ1v) is 6.60. The van der Waals surface area contributed by atoms with Gasteiger partial charge in [0.25, 0.3) is 0 Å². The molecule has 1 amide bonds.